The first-order valence-electron chi connectivity index (χ1n) is 9.40. The van der Waals surface area contributed by atoms with Crippen molar-refractivity contribution in [2.45, 2.75) is 50.0 Å². The number of hydrogen-bond donors (Lipinski definition) is 0. The van der Waals surface area contributed by atoms with Crippen LogP contribution in [0.3, 0.4) is 0 Å². The van der Waals surface area contributed by atoms with Crippen LogP contribution in [-0.2, 0) is 0 Å². The van der Waals surface area contributed by atoms with Gasteiger partial charge in [-0.15, -0.1) is 0 Å². The molecule has 3 aliphatic rings. The minimum absolute atomic E-state index is 0.460. The van der Waals surface area contributed by atoms with Gasteiger partial charge in [0, 0.05) is 56.0 Å². The van der Waals surface area contributed by atoms with Crippen LogP contribution in [0.25, 0.3) is 0 Å². The molecule has 2 saturated carbocycles. The first kappa shape index (κ1) is 15.0. The largest absolute Gasteiger partial charge is 0.355 e. The molecule has 130 valence electrons. The highest BCUT2D eigenvalue weighted by molar-refractivity contribution is 5.45. The fourth-order valence-corrected chi connectivity index (χ4v) is 3.69. The van der Waals surface area contributed by atoms with Gasteiger partial charge in [-0.05, 0) is 38.2 Å². The van der Waals surface area contributed by atoms with Crippen LogP contribution in [0.15, 0.2) is 24.7 Å². The summed E-state index contributed by atoms with van der Waals surface area (Å²) in [7, 11) is 2.16. The average molecular weight is 336 g/mol. The van der Waals surface area contributed by atoms with Gasteiger partial charge in [-0.25, -0.2) is 19.9 Å². The summed E-state index contributed by atoms with van der Waals surface area (Å²) in [6.45, 7) is 2.02. The third-order valence-electron chi connectivity index (χ3n) is 5.67. The van der Waals surface area contributed by atoms with Crippen molar-refractivity contribution in [3.05, 3.63) is 36.2 Å². The van der Waals surface area contributed by atoms with Gasteiger partial charge in [-0.1, -0.05) is 0 Å². The fourth-order valence-electron chi connectivity index (χ4n) is 3.69. The lowest BCUT2D eigenvalue weighted by atomic mass is 10.2. The van der Waals surface area contributed by atoms with E-state index in [1.54, 1.807) is 6.33 Å². The molecule has 2 aromatic heterocycles. The zero-order chi connectivity index (χ0) is 16.8. The third-order valence-corrected chi connectivity index (χ3v) is 5.67. The van der Waals surface area contributed by atoms with Crippen molar-refractivity contribution in [1.29, 1.82) is 0 Å². The molecular weight excluding hydrogens is 312 g/mol. The second kappa shape index (κ2) is 5.93. The summed E-state index contributed by atoms with van der Waals surface area (Å²) >= 11 is 0. The van der Waals surface area contributed by atoms with E-state index in [0.717, 1.165) is 37.0 Å². The van der Waals surface area contributed by atoms with Crippen LogP contribution in [0.5, 0.6) is 0 Å². The fraction of sp³-hybridized carbons (Fsp3) is 0.579. The van der Waals surface area contributed by atoms with Crippen LogP contribution >= 0.6 is 0 Å². The summed E-state index contributed by atoms with van der Waals surface area (Å²) in [6, 6.07) is 4.68. The highest BCUT2D eigenvalue weighted by atomic mass is 15.3. The highest BCUT2D eigenvalue weighted by Gasteiger charge is 2.31. The Morgan fingerprint density at radius 1 is 1.04 bits per heavy atom. The van der Waals surface area contributed by atoms with E-state index in [4.69, 9.17) is 4.98 Å². The maximum Gasteiger partial charge on any atom is 0.133 e. The van der Waals surface area contributed by atoms with Crippen molar-refractivity contribution in [2.75, 3.05) is 29.9 Å². The summed E-state index contributed by atoms with van der Waals surface area (Å²) in [5, 5.41) is 0. The number of anilines is 2. The average Bonchev–Trinajstić information content (AvgIpc) is 3.58. The van der Waals surface area contributed by atoms with Crippen LogP contribution in [-0.4, -0.2) is 46.1 Å². The molecule has 6 heteroatoms. The molecule has 0 bridgehead atoms. The van der Waals surface area contributed by atoms with E-state index in [0.29, 0.717) is 17.9 Å². The second-order valence-corrected chi connectivity index (χ2v) is 7.62. The zero-order valence-corrected chi connectivity index (χ0v) is 14.7. The lowest BCUT2D eigenvalue weighted by Crippen LogP contribution is -2.35. The van der Waals surface area contributed by atoms with Gasteiger partial charge in [0.25, 0.3) is 0 Å². The Labute approximate surface area is 148 Å². The number of rotatable bonds is 5. The summed E-state index contributed by atoms with van der Waals surface area (Å²) in [5.74, 6) is 4.41. The van der Waals surface area contributed by atoms with Gasteiger partial charge in [0.1, 0.15) is 23.8 Å². The van der Waals surface area contributed by atoms with Gasteiger partial charge in [0.2, 0.25) is 0 Å². The molecule has 2 aromatic rings. The van der Waals surface area contributed by atoms with E-state index in [1.165, 1.54) is 31.4 Å². The van der Waals surface area contributed by atoms with Crippen molar-refractivity contribution >= 4 is 11.6 Å². The quantitative estimate of drug-likeness (QED) is 0.837. The molecule has 0 N–H and O–H groups in total. The lowest BCUT2D eigenvalue weighted by Gasteiger charge is -2.26. The molecule has 1 saturated heterocycles. The molecule has 1 aliphatic heterocycles. The second-order valence-electron chi connectivity index (χ2n) is 7.62. The van der Waals surface area contributed by atoms with Crippen molar-refractivity contribution in [3.63, 3.8) is 0 Å². The molecule has 3 fully saturated rings. The van der Waals surface area contributed by atoms with Crippen LogP contribution in [0.4, 0.5) is 11.6 Å². The maximum absolute atomic E-state index is 4.79. The standard InChI is InChI=1S/C19H24N6/c1-24(17-6-8-20-19(23-17)14-4-5-14)15-7-9-25(11-15)18-10-16(13-2-3-13)21-12-22-18/h6,8,10,12-15H,2-5,7,9,11H2,1H3. The van der Waals surface area contributed by atoms with Crippen LogP contribution < -0.4 is 9.80 Å². The maximum atomic E-state index is 4.79. The Balaban J connectivity index is 1.29. The van der Waals surface area contributed by atoms with E-state index in [-0.39, 0.29) is 0 Å². The van der Waals surface area contributed by atoms with Crippen LogP contribution in [0, 0.1) is 0 Å². The van der Waals surface area contributed by atoms with Gasteiger partial charge in [-0.2, -0.15) is 0 Å². The smallest absolute Gasteiger partial charge is 0.133 e. The molecular formula is C19H24N6. The van der Waals surface area contributed by atoms with Crippen molar-refractivity contribution in [1.82, 2.24) is 19.9 Å². The van der Waals surface area contributed by atoms with E-state index >= 15 is 0 Å². The zero-order valence-electron chi connectivity index (χ0n) is 14.7. The summed E-state index contributed by atoms with van der Waals surface area (Å²) in [4.78, 5) is 22.9. The van der Waals surface area contributed by atoms with Crippen LogP contribution in [0.2, 0.25) is 0 Å². The van der Waals surface area contributed by atoms with E-state index in [2.05, 4.69) is 37.9 Å². The highest BCUT2D eigenvalue weighted by Crippen LogP contribution is 2.40. The Hall–Kier alpha value is -2.24. The Kier molecular flexibility index (Phi) is 3.57. The summed E-state index contributed by atoms with van der Waals surface area (Å²) in [5.41, 5.74) is 1.21. The van der Waals surface area contributed by atoms with Gasteiger partial charge in [0.05, 0.1) is 0 Å². The molecule has 2 aliphatic carbocycles. The number of aromatic nitrogens is 4. The minimum Gasteiger partial charge on any atom is -0.355 e. The SMILES string of the molecule is CN(c1ccnc(C2CC2)n1)C1CCN(c2cc(C3CC3)ncn2)C1. The van der Waals surface area contributed by atoms with Gasteiger partial charge < -0.3 is 9.80 Å². The Bertz CT molecular complexity index is 770. The molecule has 0 amide bonds. The minimum atomic E-state index is 0.460. The molecule has 3 heterocycles. The summed E-state index contributed by atoms with van der Waals surface area (Å²) < 4.78 is 0. The molecule has 1 atom stereocenters. The molecule has 0 aromatic carbocycles. The van der Waals surface area contributed by atoms with Crippen LogP contribution in [0.1, 0.15) is 55.5 Å². The van der Waals surface area contributed by atoms with Crippen molar-refractivity contribution in [2.24, 2.45) is 0 Å². The van der Waals surface area contributed by atoms with Gasteiger partial charge in [-0.3, -0.25) is 0 Å². The lowest BCUT2D eigenvalue weighted by molar-refractivity contribution is 0.679. The molecule has 1 unspecified atom stereocenters. The van der Waals surface area contributed by atoms with Gasteiger partial charge >= 0.3 is 0 Å². The first-order valence-corrected chi connectivity index (χ1v) is 9.40. The monoisotopic (exact) mass is 336 g/mol. The van der Waals surface area contributed by atoms with E-state index < -0.39 is 0 Å². The number of nitrogens with zero attached hydrogens (tertiary/aromatic N) is 6. The van der Waals surface area contributed by atoms with E-state index in [9.17, 15) is 0 Å². The normalized spacial score (nSPS) is 23.1. The predicted molar refractivity (Wildman–Crippen MR) is 97.0 cm³/mol. The number of likely N-dealkylation sites (N-methyl/N-ethyl adjacent to an activating group) is 1. The first-order chi connectivity index (χ1) is 12.3. The Morgan fingerprint density at radius 2 is 1.88 bits per heavy atom. The Morgan fingerprint density at radius 3 is 2.68 bits per heavy atom. The van der Waals surface area contributed by atoms with E-state index in [1.807, 2.05) is 12.3 Å². The third kappa shape index (κ3) is 3.05. The van der Waals surface area contributed by atoms with Gasteiger partial charge in [0.15, 0.2) is 0 Å². The molecule has 25 heavy (non-hydrogen) atoms. The summed E-state index contributed by atoms with van der Waals surface area (Å²) in [6.07, 6.45) is 9.79. The van der Waals surface area contributed by atoms with Crippen molar-refractivity contribution in [3.8, 4) is 0 Å². The number of hydrogen-bond acceptors (Lipinski definition) is 6. The molecule has 0 radical (unpaired) electrons. The topological polar surface area (TPSA) is 58.0 Å². The molecule has 0 spiro atoms. The van der Waals surface area contributed by atoms with Crippen molar-refractivity contribution < 1.29 is 0 Å². The molecule has 6 nitrogen and oxygen atoms in total. The molecule has 5 rings (SSSR count). The predicted octanol–water partition coefficient (Wildman–Crippen LogP) is 2.74.